The van der Waals surface area contributed by atoms with E-state index in [9.17, 15) is 0 Å². The molecular formula is C21H24N2. The van der Waals surface area contributed by atoms with Gasteiger partial charge in [-0.05, 0) is 49.0 Å². The lowest BCUT2D eigenvalue weighted by atomic mass is 9.83. The van der Waals surface area contributed by atoms with Crippen LogP contribution in [0.4, 0.5) is 5.69 Å². The van der Waals surface area contributed by atoms with E-state index in [0.29, 0.717) is 12.0 Å². The molecule has 4 aliphatic rings. The molecule has 3 fully saturated rings. The number of fused-ring (bicyclic) bond motifs is 4. The van der Waals surface area contributed by atoms with Crippen LogP contribution in [0.2, 0.25) is 0 Å². The largest absolute Gasteiger partial charge is 0.366 e. The van der Waals surface area contributed by atoms with Crippen molar-refractivity contribution >= 4 is 5.69 Å². The van der Waals surface area contributed by atoms with Crippen LogP contribution >= 0.6 is 0 Å². The predicted molar refractivity (Wildman–Crippen MR) is 95.0 cm³/mol. The summed E-state index contributed by atoms with van der Waals surface area (Å²) in [6, 6.07) is 20.9. The summed E-state index contributed by atoms with van der Waals surface area (Å²) in [6.07, 6.45) is 2.78. The summed E-state index contributed by atoms with van der Waals surface area (Å²) < 4.78 is 0. The molecule has 0 aromatic heterocycles. The molecule has 0 amide bonds. The Labute approximate surface area is 138 Å². The molecule has 23 heavy (non-hydrogen) atoms. The Bertz CT molecular complexity index is 688. The fourth-order valence-corrected chi connectivity index (χ4v) is 5.01. The molecule has 0 spiro atoms. The molecule has 118 valence electrons. The molecule has 2 bridgehead atoms. The van der Waals surface area contributed by atoms with Crippen molar-refractivity contribution < 1.29 is 0 Å². The van der Waals surface area contributed by atoms with E-state index in [1.165, 1.54) is 49.3 Å². The van der Waals surface area contributed by atoms with E-state index in [4.69, 9.17) is 0 Å². The molecule has 0 saturated carbocycles. The lowest BCUT2D eigenvalue weighted by Gasteiger charge is -2.49. The number of rotatable bonds is 2. The minimum Gasteiger partial charge on any atom is -0.366 e. The third kappa shape index (κ3) is 2.20. The number of piperidine rings is 3. The van der Waals surface area contributed by atoms with Gasteiger partial charge in [-0.15, -0.1) is 0 Å². The summed E-state index contributed by atoms with van der Waals surface area (Å²) in [5.41, 5.74) is 4.47. The molecule has 2 aromatic carbocycles. The number of nitrogens with zero attached hydrogens (tertiary/aromatic N) is 2. The van der Waals surface area contributed by atoms with Crippen LogP contribution in [0.25, 0.3) is 0 Å². The Kier molecular flexibility index (Phi) is 3.19. The monoisotopic (exact) mass is 304 g/mol. The molecule has 2 nitrogen and oxygen atoms in total. The molecule has 2 unspecified atom stereocenters. The highest BCUT2D eigenvalue weighted by molar-refractivity contribution is 5.63. The topological polar surface area (TPSA) is 6.48 Å². The van der Waals surface area contributed by atoms with Gasteiger partial charge >= 0.3 is 0 Å². The van der Waals surface area contributed by atoms with E-state index in [0.717, 1.165) is 12.5 Å². The van der Waals surface area contributed by atoms with Gasteiger partial charge in [-0.3, -0.25) is 0 Å². The fraction of sp³-hybridized carbons (Fsp3) is 0.429. The van der Waals surface area contributed by atoms with Crippen LogP contribution in [0.3, 0.4) is 0 Å². The highest BCUT2D eigenvalue weighted by atomic mass is 15.3. The van der Waals surface area contributed by atoms with Gasteiger partial charge in [-0.2, -0.15) is 0 Å². The zero-order valence-electron chi connectivity index (χ0n) is 13.6. The van der Waals surface area contributed by atoms with Crippen LogP contribution in [-0.2, 0) is 0 Å². The van der Waals surface area contributed by atoms with Gasteiger partial charge in [0.05, 0.1) is 0 Å². The number of hydrogen-bond acceptors (Lipinski definition) is 2. The molecule has 2 heteroatoms. The third-order valence-electron chi connectivity index (χ3n) is 6.22. The standard InChI is InChI=1S/C21H24N2/c1-2-6-16(7-3-1)19-14-23(20-9-5-4-8-18(19)20)21-15-22-12-10-17(21)11-13-22/h1-9,17,19,21H,10-15H2. The first-order valence-corrected chi connectivity index (χ1v) is 9.03. The SMILES string of the molecule is c1ccc(C2CN(C3CN4CCC3CC4)c3ccccc32)cc1. The van der Waals surface area contributed by atoms with Gasteiger partial charge in [0, 0.05) is 30.7 Å². The zero-order chi connectivity index (χ0) is 15.2. The lowest BCUT2D eigenvalue weighted by Crippen LogP contribution is -2.57. The normalized spacial score (nSPS) is 32.1. The second-order valence-electron chi connectivity index (χ2n) is 7.38. The average molecular weight is 304 g/mol. The molecular weight excluding hydrogens is 280 g/mol. The maximum Gasteiger partial charge on any atom is 0.0446 e. The number of para-hydroxylation sites is 1. The van der Waals surface area contributed by atoms with Crippen molar-refractivity contribution in [3.8, 4) is 0 Å². The molecule has 6 rings (SSSR count). The third-order valence-corrected chi connectivity index (χ3v) is 6.22. The second kappa shape index (κ2) is 5.38. The zero-order valence-corrected chi connectivity index (χ0v) is 13.6. The molecule has 4 heterocycles. The first-order valence-electron chi connectivity index (χ1n) is 9.03. The van der Waals surface area contributed by atoms with Crippen LogP contribution in [0.5, 0.6) is 0 Å². The molecule has 2 atom stereocenters. The fourth-order valence-electron chi connectivity index (χ4n) is 5.01. The molecule has 0 aliphatic carbocycles. The minimum absolute atomic E-state index is 0.530. The molecule has 2 aromatic rings. The number of anilines is 1. The van der Waals surface area contributed by atoms with Gasteiger partial charge in [0.15, 0.2) is 0 Å². The summed E-state index contributed by atoms with van der Waals surface area (Å²) in [6.45, 7) is 5.05. The highest BCUT2D eigenvalue weighted by Gasteiger charge is 2.41. The van der Waals surface area contributed by atoms with E-state index in [2.05, 4.69) is 64.4 Å². The predicted octanol–water partition coefficient (Wildman–Crippen LogP) is 3.73. The summed E-state index contributed by atoms with van der Waals surface area (Å²) in [5.74, 6) is 1.42. The lowest BCUT2D eigenvalue weighted by molar-refractivity contribution is 0.0858. The Morgan fingerprint density at radius 2 is 1.52 bits per heavy atom. The van der Waals surface area contributed by atoms with Crippen molar-refractivity contribution in [1.29, 1.82) is 0 Å². The Hall–Kier alpha value is -1.80. The van der Waals surface area contributed by atoms with Crippen molar-refractivity contribution in [2.75, 3.05) is 31.1 Å². The smallest absolute Gasteiger partial charge is 0.0446 e. The highest BCUT2D eigenvalue weighted by Crippen LogP contribution is 2.44. The van der Waals surface area contributed by atoms with Crippen molar-refractivity contribution in [2.24, 2.45) is 5.92 Å². The van der Waals surface area contributed by atoms with Crippen LogP contribution in [-0.4, -0.2) is 37.1 Å². The summed E-state index contributed by atoms with van der Waals surface area (Å²) in [4.78, 5) is 5.41. The van der Waals surface area contributed by atoms with Gasteiger partial charge in [0.25, 0.3) is 0 Å². The maximum atomic E-state index is 2.74. The van der Waals surface area contributed by atoms with Crippen LogP contribution in [0.1, 0.15) is 29.9 Å². The number of hydrogen-bond donors (Lipinski definition) is 0. The quantitative estimate of drug-likeness (QED) is 0.834. The number of benzene rings is 2. The van der Waals surface area contributed by atoms with Crippen LogP contribution in [0.15, 0.2) is 54.6 Å². The Morgan fingerprint density at radius 1 is 0.783 bits per heavy atom. The van der Waals surface area contributed by atoms with Gasteiger partial charge in [-0.1, -0.05) is 48.5 Å². The van der Waals surface area contributed by atoms with Gasteiger partial charge in [0.2, 0.25) is 0 Å². The van der Waals surface area contributed by atoms with Crippen molar-refractivity contribution in [1.82, 2.24) is 4.90 Å². The van der Waals surface area contributed by atoms with E-state index >= 15 is 0 Å². The van der Waals surface area contributed by atoms with Crippen molar-refractivity contribution in [2.45, 2.75) is 24.8 Å². The van der Waals surface area contributed by atoms with Crippen LogP contribution < -0.4 is 4.90 Å². The van der Waals surface area contributed by atoms with Gasteiger partial charge in [-0.25, -0.2) is 0 Å². The maximum absolute atomic E-state index is 2.74. The van der Waals surface area contributed by atoms with E-state index < -0.39 is 0 Å². The molecule has 0 radical (unpaired) electrons. The summed E-state index contributed by atoms with van der Waals surface area (Å²) >= 11 is 0. The Morgan fingerprint density at radius 3 is 2.26 bits per heavy atom. The Balaban J connectivity index is 1.52. The first-order chi connectivity index (χ1) is 11.4. The summed E-state index contributed by atoms with van der Waals surface area (Å²) in [7, 11) is 0. The van der Waals surface area contributed by atoms with Gasteiger partial charge in [0.1, 0.15) is 0 Å². The van der Waals surface area contributed by atoms with Crippen LogP contribution in [0, 0.1) is 5.92 Å². The average Bonchev–Trinajstić information content (AvgIpc) is 3.03. The van der Waals surface area contributed by atoms with E-state index in [1.807, 2.05) is 0 Å². The molecule has 0 N–H and O–H groups in total. The molecule has 3 saturated heterocycles. The minimum atomic E-state index is 0.530. The molecule has 4 aliphatic heterocycles. The van der Waals surface area contributed by atoms with Crippen molar-refractivity contribution in [3.63, 3.8) is 0 Å². The first kappa shape index (κ1) is 13.6. The van der Waals surface area contributed by atoms with E-state index in [1.54, 1.807) is 0 Å². The van der Waals surface area contributed by atoms with Gasteiger partial charge < -0.3 is 9.80 Å². The van der Waals surface area contributed by atoms with E-state index in [-0.39, 0.29) is 0 Å². The van der Waals surface area contributed by atoms with Crippen molar-refractivity contribution in [3.05, 3.63) is 65.7 Å². The summed E-state index contributed by atoms with van der Waals surface area (Å²) in [5, 5.41) is 0. The second-order valence-corrected chi connectivity index (χ2v) is 7.38.